The molecule has 1 aromatic heterocycles. The maximum absolute atomic E-state index is 8.76. The largest absolute Gasteiger partial charge is 0.396 e. The van der Waals surface area contributed by atoms with Crippen LogP contribution in [0, 0.1) is 13.8 Å². The summed E-state index contributed by atoms with van der Waals surface area (Å²) in [5.41, 5.74) is 3.30. The van der Waals surface area contributed by atoms with Crippen LogP contribution in [0.4, 0.5) is 0 Å². The molecule has 0 saturated heterocycles. The Balaban J connectivity index is 2.35. The van der Waals surface area contributed by atoms with Gasteiger partial charge in [0.15, 0.2) is 0 Å². The molecule has 0 amide bonds. The first-order chi connectivity index (χ1) is 7.70. The lowest BCUT2D eigenvalue weighted by atomic mass is 10.1. The zero-order valence-electron chi connectivity index (χ0n) is 9.40. The summed E-state index contributed by atoms with van der Waals surface area (Å²) >= 11 is 0. The fourth-order valence-corrected chi connectivity index (χ4v) is 1.63. The van der Waals surface area contributed by atoms with E-state index in [1.807, 2.05) is 26.0 Å². The van der Waals surface area contributed by atoms with E-state index in [4.69, 9.17) is 9.63 Å². The molecule has 1 heterocycles. The number of nitrogens with zero attached hydrogens (tertiary/aromatic N) is 2. The minimum atomic E-state index is 0.0223. The predicted octanol–water partition coefficient (Wildman–Crippen LogP) is 1.89. The Labute approximate surface area is 93.9 Å². The molecule has 0 atom stereocenters. The molecule has 0 aliphatic carbocycles. The van der Waals surface area contributed by atoms with Crippen LogP contribution in [0.25, 0.3) is 11.4 Å². The van der Waals surface area contributed by atoms with E-state index in [0.29, 0.717) is 18.1 Å². The molecule has 1 N–H and O–H groups in total. The number of aromatic nitrogens is 2. The van der Waals surface area contributed by atoms with Gasteiger partial charge in [0.05, 0.1) is 13.0 Å². The maximum Gasteiger partial charge on any atom is 0.229 e. The van der Waals surface area contributed by atoms with Crippen molar-refractivity contribution in [3.63, 3.8) is 0 Å². The van der Waals surface area contributed by atoms with Crippen molar-refractivity contribution in [1.82, 2.24) is 10.1 Å². The fourth-order valence-electron chi connectivity index (χ4n) is 1.63. The van der Waals surface area contributed by atoms with E-state index >= 15 is 0 Å². The topological polar surface area (TPSA) is 59.2 Å². The zero-order chi connectivity index (χ0) is 11.5. The van der Waals surface area contributed by atoms with Gasteiger partial charge < -0.3 is 9.63 Å². The highest BCUT2D eigenvalue weighted by molar-refractivity contribution is 5.59. The number of hydrogen-bond acceptors (Lipinski definition) is 4. The molecule has 0 aliphatic heterocycles. The molecule has 2 rings (SSSR count). The van der Waals surface area contributed by atoms with Gasteiger partial charge in [-0.3, -0.25) is 0 Å². The van der Waals surface area contributed by atoms with Gasteiger partial charge in [0.2, 0.25) is 11.7 Å². The van der Waals surface area contributed by atoms with E-state index in [1.54, 1.807) is 0 Å². The first kappa shape index (κ1) is 10.8. The first-order valence-electron chi connectivity index (χ1n) is 5.22. The number of aliphatic hydroxyl groups excluding tert-OH is 1. The summed E-state index contributed by atoms with van der Waals surface area (Å²) < 4.78 is 5.02. The molecule has 2 aromatic rings. The maximum atomic E-state index is 8.76. The molecule has 0 unspecified atom stereocenters. The molecular weight excluding hydrogens is 204 g/mol. The lowest BCUT2D eigenvalue weighted by Gasteiger charge is -2.01. The zero-order valence-corrected chi connectivity index (χ0v) is 9.40. The highest BCUT2D eigenvalue weighted by atomic mass is 16.5. The molecule has 0 aliphatic rings. The van der Waals surface area contributed by atoms with Crippen molar-refractivity contribution in [2.24, 2.45) is 0 Å². The van der Waals surface area contributed by atoms with Crippen LogP contribution in [0.3, 0.4) is 0 Å². The second-order valence-electron chi connectivity index (χ2n) is 3.80. The second kappa shape index (κ2) is 4.45. The molecule has 0 spiro atoms. The Hall–Kier alpha value is -1.68. The van der Waals surface area contributed by atoms with Crippen LogP contribution in [0.15, 0.2) is 22.7 Å². The van der Waals surface area contributed by atoms with E-state index in [0.717, 1.165) is 11.1 Å². The summed E-state index contributed by atoms with van der Waals surface area (Å²) in [4.78, 5) is 4.22. The van der Waals surface area contributed by atoms with Crippen LogP contribution in [-0.2, 0) is 6.42 Å². The second-order valence-corrected chi connectivity index (χ2v) is 3.80. The summed E-state index contributed by atoms with van der Waals surface area (Å²) in [7, 11) is 0. The van der Waals surface area contributed by atoms with Gasteiger partial charge in [-0.25, -0.2) is 0 Å². The van der Waals surface area contributed by atoms with E-state index < -0.39 is 0 Å². The van der Waals surface area contributed by atoms with Crippen LogP contribution in [0.1, 0.15) is 17.0 Å². The highest BCUT2D eigenvalue weighted by Gasteiger charge is 2.10. The van der Waals surface area contributed by atoms with Crippen molar-refractivity contribution in [2.45, 2.75) is 20.3 Å². The summed E-state index contributed by atoms with van der Waals surface area (Å²) in [5.74, 6) is 1.05. The Morgan fingerprint density at radius 1 is 1.31 bits per heavy atom. The van der Waals surface area contributed by atoms with Gasteiger partial charge in [-0.1, -0.05) is 28.9 Å². The molecule has 0 radical (unpaired) electrons. The van der Waals surface area contributed by atoms with Gasteiger partial charge in [-0.2, -0.15) is 4.98 Å². The predicted molar refractivity (Wildman–Crippen MR) is 60.0 cm³/mol. The summed E-state index contributed by atoms with van der Waals surface area (Å²) in [6, 6.07) is 6.08. The fraction of sp³-hybridized carbons (Fsp3) is 0.333. The highest BCUT2D eigenvalue weighted by Crippen LogP contribution is 2.21. The molecule has 4 heteroatoms. The van der Waals surface area contributed by atoms with E-state index in [1.165, 1.54) is 5.56 Å². The Kier molecular flexibility index (Phi) is 3.01. The molecule has 1 aromatic carbocycles. The summed E-state index contributed by atoms with van der Waals surface area (Å²) in [6.45, 7) is 4.09. The standard InChI is InChI=1S/C12H14N2O2/c1-8-3-4-10(9(2)7-8)12-13-11(5-6-15)16-14-12/h3-4,7,15H,5-6H2,1-2H3. The lowest BCUT2D eigenvalue weighted by Crippen LogP contribution is -1.91. The Bertz CT molecular complexity index is 492. The Morgan fingerprint density at radius 3 is 2.81 bits per heavy atom. The third-order valence-corrected chi connectivity index (χ3v) is 2.42. The van der Waals surface area contributed by atoms with Crippen LogP contribution >= 0.6 is 0 Å². The lowest BCUT2D eigenvalue weighted by molar-refractivity contribution is 0.274. The third-order valence-electron chi connectivity index (χ3n) is 2.42. The van der Waals surface area contributed by atoms with Crippen molar-refractivity contribution in [2.75, 3.05) is 6.61 Å². The molecule has 0 saturated carbocycles. The van der Waals surface area contributed by atoms with Crippen LogP contribution in [0.5, 0.6) is 0 Å². The number of rotatable bonds is 3. The molecule has 0 fully saturated rings. The van der Waals surface area contributed by atoms with Crippen molar-refractivity contribution in [3.8, 4) is 11.4 Å². The van der Waals surface area contributed by atoms with Crippen molar-refractivity contribution in [3.05, 3.63) is 35.2 Å². The minimum absolute atomic E-state index is 0.0223. The molecule has 16 heavy (non-hydrogen) atoms. The number of aliphatic hydroxyl groups is 1. The van der Waals surface area contributed by atoms with Gasteiger partial charge in [-0.05, 0) is 19.4 Å². The van der Waals surface area contributed by atoms with E-state index in [-0.39, 0.29) is 6.61 Å². The van der Waals surface area contributed by atoms with E-state index in [2.05, 4.69) is 16.2 Å². The van der Waals surface area contributed by atoms with Gasteiger partial charge in [0, 0.05) is 5.56 Å². The SMILES string of the molecule is Cc1ccc(-c2noc(CCO)n2)c(C)c1. The van der Waals surface area contributed by atoms with Gasteiger partial charge >= 0.3 is 0 Å². The molecule has 0 bridgehead atoms. The van der Waals surface area contributed by atoms with E-state index in [9.17, 15) is 0 Å². The monoisotopic (exact) mass is 218 g/mol. The summed E-state index contributed by atoms with van der Waals surface area (Å²) in [5, 5.41) is 12.7. The number of benzene rings is 1. The third kappa shape index (κ3) is 2.12. The number of aryl methyl sites for hydroxylation is 2. The van der Waals surface area contributed by atoms with Crippen molar-refractivity contribution >= 4 is 0 Å². The molecule has 84 valence electrons. The van der Waals surface area contributed by atoms with Crippen LogP contribution in [0.2, 0.25) is 0 Å². The average molecular weight is 218 g/mol. The minimum Gasteiger partial charge on any atom is -0.396 e. The van der Waals surface area contributed by atoms with Gasteiger partial charge in [0.1, 0.15) is 0 Å². The summed E-state index contributed by atoms with van der Waals surface area (Å²) in [6.07, 6.45) is 0.401. The smallest absolute Gasteiger partial charge is 0.229 e. The Morgan fingerprint density at radius 2 is 2.12 bits per heavy atom. The van der Waals surface area contributed by atoms with Crippen molar-refractivity contribution < 1.29 is 9.63 Å². The molecule has 4 nitrogen and oxygen atoms in total. The first-order valence-corrected chi connectivity index (χ1v) is 5.22. The van der Waals surface area contributed by atoms with Gasteiger partial charge in [0.25, 0.3) is 0 Å². The average Bonchev–Trinajstić information content (AvgIpc) is 2.67. The molecular formula is C12H14N2O2. The van der Waals surface area contributed by atoms with Crippen LogP contribution < -0.4 is 0 Å². The van der Waals surface area contributed by atoms with Crippen LogP contribution in [-0.4, -0.2) is 21.9 Å². The van der Waals surface area contributed by atoms with Gasteiger partial charge in [-0.15, -0.1) is 0 Å². The quantitative estimate of drug-likeness (QED) is 0.854. The normalized spacial score (nSPS) is 10.7. The van der Waals surface area contributed by atoms with Crippen molar-refractivity contribution in [1.29, 1.82) is 0 Å². The number of hydrogen-bond donors (Lipinski definition) is 1.